The Morgan fingerprint density at radius 1 is 0.949 bits per heavy atom. The SMILES string of the molecule is COc1ccc(CNc2nc3cc(CN(C(=O)c4cnc(C5CC5)nc4)c4ccc(OC5(CN(C)C(=O)OC(C)(C)C)CC5)nc4C)ccc3c3c2COC3)c(OC)c1. The highest BCUT2D eigenvalue weighted by Gasteiger charge is 2.48. The summed E-state index contributed by atoms with van der Waals surface area (Å²) in [6, 6.07) is 15.5. The third-order valence-corrected chi connectivity index (χ3v) is 10.8. The number of hydrogen-bond donors (Lipinski definition) is 1. The lowest BCUT2D eigenvalue weighted by molar-refractivity contribution is 0.0199. The first-order valence-electron chi connectivity index (χ1n) is 20.0. The van der Waals surface area contributed by atoms with Crippen molar-refractivity contribution in [3.8, 4) is 17.4 Å². The summed E-state index contributed by atoms with van der Waals surface area (Å²) < 4.78 is 28.9. The standard InChI is InChI=1S/C45H51N7O7/c1-27-37(14-15-39(49-27)58-45(16-17-45)26-51(5)43(54)59-44(2,3)4)52(42(53)31-21-46-40(47-22-31)29-9-10-29)23-28-8-13-33-34-24-57-25-35(34)41(50-36(33)18-28)48-20-30-11-12-32(55-6)19-38(30)56-7/h8,11-15,18-19,21-22,29H,9-10,16-17,20,23-26H2,1-7H3,(H,48,50). The number of methoxy groups -OCH3 is 2. The van der Waals surface area contributed by atoms with Gasteiger partial charge in [-0.3, -0.25) is 4.79 Å². The summed E-state index contributed by atoms with van der Waals surface area (Å²) in [5.41, 5.74) is 5.19. The Morgan fingerprint density at radius 2 is 1.71 bits per heavy atom. The van der Waals surface area contributed by atoms with Gasteiger partial charge in [0, 0.05) is 60.5 Å². The molecule has 14 nitrogen and oxygen atoms in total. The lowest BCUT2D eigenvalue weighted by Gasteiger charge is -2.28. The van der Waals surface area contributed by atoms with E-state index in [9.17, 15) is 9.59 Å². The molecule has 2 amide bonds. The zero-order valence-corrected chi connectivity index (χ0v) is 34.8. The molecule has 0 unspecified atom stereocenters. The van der Waals surface area contributed by atoms with E-state index in [1.165, 1.54) is 0 Å². The van der Waals surface area contributed by atoms with Crippen molar-refractivity contribution in [3.05, 3.63) is 100 Å². The van der Waals surface area contributed by atoms with Crippen LogP contribution in [0.2, 0.25) is 0 Å². The first kappa shape index (κ1) is 39.8. The number of aromatic nitrogens is 4. The number of nitrogens with one attached hydrogen (secondary N) is 1. The summed E-state index contributed by atoms with van der Waals surface area (Å²) in [7, 11) is 4.98. The van der Waals surface area contributed by atoms with Crippen LogP contribution < -0.4 is 24.4 Å². The number of nitrogens with zero attached hydrogens (tertiary/aromatic N) is 6. The minimum absolute atomic E-state index is 0.230. The molecule has 1 aliphatic heterocycles. The van der Waals surface area contributed by atoms with Crippen molar-refractivity contribution in [2.24, 2.45) is 0 Å². The third-order valence-electron chi connectivity index (χ3n) is 10.8. The van der Waals surface area contributed by atoms with Crippen LogP contribution in [0.1, 0.15) is 96.5 Å². The number of pyridine rings is 2. The lowest BCUT2D eigenvalue weighted by Crippen LogP contribution is -2.41. The molecule has 2 fully saturated rings. The van der Waals surface area contributed by atoms with Crippen molar-refractivity contribution in [2.45, 2.75) is 96.8 Å². The number of ether oxygens (including phenoxy) is 5. The molecule has 1 N–H and O–H groups in total. The minimum Gasteiger partial charge on any atom is -0.497 e. The Bertz CT molecular complexity index is 2390. The van der Waals surface area contributed by atoms with Gasteiger partial charge in [0.2, 0.25) is 5.88 Å². The molecule has 0 radical (unpaired) electrons. The summed E-state index contributed by atoms with van der Waals surface area (Å²) >= 11 is 0. The van der Waals surface area contributed by atoms with E-state index in [1.807, 2.05) is 64.1 Å². The first-order chi connectivity index (χ1) is 28.3. The van der Waals surface area contributed by atoms with E-state index in [0.29, 0.717) is 66.5 Å². The quantitative estimate of drug-likeness (QED) is 0.116. The van der Waals surface area contributed by atoms with Crippen LogP contribution in [0.25, 0.3) is 10.9 Å². The highest BCUT2D eigenvalue weighted by Crippen LogP contribution is 2.42. The lowest BCUT2D eigenvalue weighted by atomic mass is 10.0. The van der Waals surface area contributed by atoms with Crippen molar-refractivity contribution < 1.29 is 33.3 Å². The smallest absolute Gasteiger partial charge is 0.410 e. The molecule has 0 saturated heterocycles. The van der Waals surface area contributed by atoms with Crippen LogP contribution in [0.5, 0.6) is 17.4 Å². The fraction of sp³-hybridized carbons (Fsp3) is 0.422. The minimum atomic E-state index is -0.599. The molecule has 3 aromatic heterocycles. The van der Waals surface area contributed by atoms with Gasteiger partial charge in [0.25, 0.3) is 5.91 Å². The van der Waals surface area contributed by atoms with Crippen LogP contribution in [0.15, 0.2) is 60.9 Å². The first-order valence-corrected chi connectivity index (χ1v) is 20.0. The summed E-state index contributed by atoms with van der Waals surface area (Å²) in [5, 5.41) is 4.53. The molecule has 59 heavy (non-hydrogen) atoms. The number of amides is 2. The number of fused-ring (bicyclic) bond motifs is 3. The van der Waals surface area contributed by atoms with Crippen LogP contribution in [-0.2, 0) is 35.8 Å². The Kier molecular flexibility index (Phi) is 10.8. The number of benzene rings is 2. The van der Waals surface area contributed by atoms with Crippen LogP contribution in [0.3, 0.4) is 0 Å². The van der Waals surface area contributed by atoms with Gasteiger partial charge >= 0.3 is 6.09 Å². The van der Waals surface area contributed by atoms with Gasteiger partial charge in [-0.15, -0.1) is 0 Å². The molecule has 14 heteroatoms. The maximum Gasteiger partial charge on any atom is 0.410 e. The van der Waals surface area contributed by atoms with Crippen LogP contribution >= 0.6 is 0 Å². The molecule has 2 saturated carbocycles. The molecule has 2 aliphatic carbocycles. The zero-order valence-electron chi connectivity index (χ0n) is 34.8. The predicted molar refractivity (Wildman–Crippen MR) is 222 cm³/mol. The summed E-state index contributed by atoms with van der Waals surface area (Å²) in [6.45, 7) is 9.41. The fourth-order valence-electron chi connectivity index (χ4n) is 7.38. The average Bonchev–Trinajstić information content (AvgIpc) is 4.15. The molecule has 0 atom stereocenters. The second kappa shape index (κ2) is 16.0. The molecule has 0 spiro atoms. The van der Waals surface area contributed by atoms with Crippen LogP contribution in [0, 0.1) is 6.92 Å². The monoisotopic (exact) mass is 801 g/mol. The van der Waals surface area contributed by atoms with Gasteiger partial charge in [-0.2, -0.15) is 0 Å². The third kappa shape index (κ3) is 8.87. The van der Waals surface area contributed by atoms with E-state index < -0.39 is 17.3 Å². The Balaban J connectivity index is 1.07. The number of carbonyl (C=O) groups excluding carboxylic acids is 2. The predicted octanol–water partition coefficient (Wildman–Crippen LogP) is 7.89. The maximum absolute atomic E-state index is 14.5. The Labute approximate surface area is 344 Å². The second-order valence-electron chi connectivity index (χ2n) is 16.7. The highest BCUT2D eigenvalue weighted by atomic mass is 16.6. The van der Waals surface area contributed by atoms with E-state index in [4.69, 9.17) is 33.7 Å². The molecule has 308 valence electrons. The van der Waals surface area contributed by atoms with Gasteiger partial charge in [0.05, 0.1) is 63.0 Å². The highest BCUT2D eigenvalue weighted by molar-refractivity contribution is 6.06. The second-order valence-corrected chi connectivity index (χ2v) is 16.7. The van der Waals surface area contributed by atoms with Gasteiger partial charge in [-0.05, 0) is 88.8 Å². The van der Waals surface area contributed by atoms with Gasteiger partial charge in [-0.25, -0.2) is 24.7 Å². The van der Waals surface area contributed by atoms with Crippen molar-refractivity contribution in [1.29, 1.82) is 0 Å². The normalized spacial score (nSPS) is 15.3. The Morgan fingerprint density at radius 3 is 2.39 bits per heavy atom. The van der Waals surface area contributed by atoms with Gasteiger partial charge < -0.3 is 38.8 Å². The number of anilines is 2. The van der Waals surface area contributed by atoms with Crippen molar-refractivity contribution in [2.75, 3.05) is 38.0 Å². The number of rotatable bonds is 14. The molecule has 0 bridgehead atoms. The van der Waals surface area contributed by atoms with E-state index in [2.05, 4.69) is 21.4 Å². The van der Waals surface area contributed by atoms with Crippen molar-refractivity contribution in [3.63, 3.8) is 0 Å². The molecular weight excluding hydrogens is 751 g/mol. The number of aryl methyl sites for hydroxylation is 1. The fourth-order valence-corrected chi connectivity index (χ4v) is 7.38. The average molecular weight is 802 g/mol. The van der Waals surface area contributed by atoms with Crippen LogP contribution in [-0.4, -0.2) is 75.9 Å². The zero-order chi connectivity index (χ0) is 41.5. The van der Waals surface area contributed by atoms with Crippen LogP contribution in [0.4, 0.5) is 16.3 Å². The maximum atomic E-state index is 14.5. The van der Waals surface area contributed by atoms with E-state index in [-0.39, 0.29) is 12.5 Å². The Hall–Kier alpha value is -6.02. The van der Waals surface area contributed by atoms with Crippen molar-refractivity contribution in [1.82, 2.24) is 24.8 Å². The molecular formula is C45H51N7O7. The topological polar surface area (TPSA) is 150 Å². The summed E-state index contributed by atoms with van der Waals surface area (Å²) in [4.78, 5) is 49.5. The van der Waals surface area contributed by atoms with E-state index in [1.54, 1.807) is 49.5 Å². The largest absolute Gasteiger partial charge is 0.497 e. The van der Waals surface area contributed by atoms with E-state index in [0.717, 1.165) is 70.5 Å². The molecule has 2 aromatic carbocycles. The molecule has 4 heterocycles. The van der Waals surface area contributed by atoms with Gasteiger partial charge in [0.15, 0.2) is 0 Å². The summed E-state index contributed by atoms with van der Waals surface area (Å²) in [5.74, 6) is 3.47. The molecule has 3 aliphatic rings. The number of hydrogen-bond acceptors (Lipinski definition) is 12. The number of carbonyl (C=O) groups is 2. The molecule has 5 aromatic rings. The van der Waals surface area contributed by atoms with Crippen molar-refractivity contribution >= 4 is 34.4 Å². The van der Waals surface area contributed by atoms with Gasteiger partial charge in [0.1, 0.15) is 34.3 Å². The summed E-state index contributed by atoms with van der Waals surface area (Å²) in [6.07, 6.45) is 6.53. The molecule has 8 rings (SSSR count). The number of likely N-dealkylation sites (N-methyl/N-ethyl adjacent to an activating group) is 1. The van der Waals surface area contributed by atoms with E-state index >= 15 is 0 Å². The van der Waals surface area contributed by atoms with Gasteiger partial charge in [-0.1, -0.05) is 12.1 Å².